The van der Waals surface area contributed by atoms with Crippen LogP contribution in [0.5, 0.6) is 0 Å². The summed E-state index contributed by atoms with van der Waals surface area (Å²) in [5.41, 5.74) is 0.744. The molecule has 1 unspecified atom stereocenters. The van der Waals surface area contributed by atoms with Crippen molar-refractivity contribution in [1.29, 1.82) is 0 Å². The first-order valence-corrected chi connectivity index (χ1v) is 7.46. The monoisotopic (exact) mass is 306 g/mol. The number of para-hydroxylation sites is 2. The van der Waals surface area contributed by atoms with E-state index >= 15 is 0 Å². The maximum absolute atomic E-state index is 12.3. The molecule has 1 aliphatic heterocycles. The number of carbonyl (C=O) groups excluding carboxylic acids is 1. The Kier molecular flexibility index (Phi) is 5.32. The summed E-state index contributed by atoms with van der Waals surface area (Å²) in [6, 6.07) is 6.75. The summed E-state index contributed by atoms with van der Waals surface area (Å²) in [5.74, 6) is 0.0826. The lowest BCUT2D eigenvalue weighted by molar-refractivity contribution is -0.384. The van der Waals surface area contributed by atoms with Gasteiger partial charge in [0.2, 0.25) is 5.91 Å². The predicted octanol–water partition coefficient (Wildman–Crippen LogP) is 1.10. The summed E-state index contributed by atoms with van der Waals surface area (Å²) < 4.78 is 0. The Bertz CT molecular complexity index is 541. The molecule has 1 aromatic rings. The first-order valence-electron chi connectivity index (χ1n) is 7.46. The van der Waals surface area contributed by atoms with Crippen molar-refractivity contribution in [1.82, 2.24) is 10.2 Å². The second kappa shape index (κ2) is 7.22. The Balaban J connectivity index is 2.01. The molecule has 7 heteroatoms. The quantitative estimate of drug-likeness (QED) is 0.651. The maximum Gasteiger partial charge on any atom is 0.292 e. The minimum Gasteiger partial charge on any atom is -0.362 e. The van der Waals surface area contributed by atoms with E-state index in [1.165, 1.54) is 6.07 Å². The van der Waals surface area contributed by atoms with Crippen molar-refractivity contribution in [3.05, 3.63) is 34.4 Å². The number of hydrogen-bond donors (Lipinski definition) is 1. The summed E-state index contributed by atoms with van der Waals surface area (Å²) in [6.07, 6.45) is 0. The number of nitrogens with zero attached hydrogens (tertiary/aromatic N) is 3. The lowest BCUT2D eigenvalue weighted by Crippen LogP contribution is -2.51. The molecule has 1 saturated heterocycles. The van der Waals surface area contributed by atoms with Gasteiger partial charge in [-0.15, -0.1) is 0 Å². The normalized spacial score (nSPS) is 16.5. The highest BCUT2D eigenvalue weighted by Crippen LogP contribution is 2.28. The van der Waals surface area contributed by atoms with E-state index in [9.17, 15) is 14.9 Å². The molecule has 1 aliphatic rings. The Labute approximate surface area is 130 Å². The fraction of sp³-hybridized carbons (Fsp3) is 0.533. The average molecular weight is 306 g/mol. The molecule has 0 spiro atoms. The summed E-state index contributed by atoms with van der Waals surface area (Å²) in [4.78, 5) is 26.8. The minimum atomic E-state index is -0.359. The summed E-state index contributed by atoms with van der Waals surface area (Å²) in [6.45, 7) is 4.99. The molecule has 1 amide bonds. The zero-order chi connectivity index (χ0) is 16.1. The van der Waals surface area contributed by atoms with Crippen LogP contribution in [0.2, 0.25) is 0 Å². The summed E-state index contributed by atoms with van der Waals surface area (Å²) in [7, 11) is 1.83. The number of rotatable bonds is 5. The van der Waals surface area contributed by atoms with E-state index in [-0.39, 0.29) is 22.4 Å². The number of nitro benzene ring substituents is 1. The van der Waals surface area contributed by atoms with E-state index in [0.717, 1.165) is 0 Å². The molecule has 1 atom stereocenters. The van der Waals surface area contributed by atoms with Crippen LogP contribution in [0, 0.1) is 16.0 Å². The van der Waals surface area contributed by atoms with Crippen LogP contribution < -0.4 is 10.2 Å². The highest BCUT2D eigenvalue weighted by molar-refractivity contribution is 5.79. The van der Waals surface area contributed by atoms with Gasteiger partial charge in [0.25, 0.3) is 5.69 Å². The number of nitrogens with one attached hydrogen (secondary N) is 1. The number of anilines is 1. The molecule has 1 fully saturated rings. The van der Waals surface area contributed by atoms with Gasteiger partial charge in [-0.05, 0) is 13.1 Å². The van der Waals surface area contributed by atoms with Gasteiger partial charge in [-0.3, -0.25) is 14.9 Å². The Morgan fingerprint density at radius 1 is 1.32 bits per heavy atom. The number of piperazine rings is 1. The number of amides is 1. The van der Waals surface area contributed by atoms with Crippen LogP contribution in [0.4, 0.5) is 11.4 Å². The first-order chi connectivity index (χ1) is 10.5. The smallest absolute Gasteiger partial charge is 0.292 e. The summed E-state index contributed by atoms with van der Waals surface area (Å²) >= 11 is 0. The van der Waals surface area contributed by atoms with Gasteiger partial charge in [-0.1, -0.05) is 19.1 Å². The molecule has 0 aromatic heterocycles. The molecule has 120 valence electrons. The van der Waals surface area contributed by atoms with Crippen molar-refractivity contribution in [2.24, 2.45) is 5.92 Å². The van der Waals surface area contributed by atoms with Crippen molar-refractivity contribution < 1.29 is 9.72 Å². The Hall–Kier alpha value is -2.15. The van der Waals surface area contributed by atoms with Gasteiger partial charge in [0, 0.05) is 44.7 Å². The van der Waals surface area contributed by atoms with Gasteiger partial charge >= 0.3 is 0 Å². The highest BCUT2D eigenvalue weighted by atomic mass is 16.6. The number of carbonyl (C=O) groups is 1. The second-order valence-electron chi connectivity index (χ2n) is 5.52. The third-order valence-electron chi connectivity index (χ3n) is 3.94. The van der Waals surface area contributed by atoms with E-state index in [0.29, 0.717) is 38.4 Å². The molecular weight excluding hydrogens is 284 g/mol. The van der Waals surface area contributed by atoms with Gasteiger partial charge in [-0.2, -0.15) is 0 Å². The lowest BCUT2D eigenvalue weighted by Gasteiger charge is -2.36. The molecule has 0 aliphatic carbocycles. The van der Waals surface area contributed by atoms with Crippen LogP contribution in [0.1, 0.15) is 6.92 Å². The lowest BCUT2D eigenvalue weighted by atomic mass is 10.1. The zero-order valence-electron chi connectivity index (χ0n) is 13.0. The largest absolute Gasteiger partial charge is 0.362 e. The highest BCUT2D eigenvalue weighted by Gasteiger charge is 2.27. The second-order valence-corrected chi connectivity index (χ2v) is 5.52. The number of nitro groups is 1. The van der Waals surface area contributed by atoms with E-state index < -0.39 is 0 Å². The first kappa shape index (κ1) is 16.2. The molecule has 1 heterocycles. The van der Waals surface area contributed by atoms with E-state index in [1.54, 1.807) is 18.2 Å². The van der Waals surface area contributed by atoms with E-state index in [2.05, 4.69) is 5.32 Å². The van der Waals surface area contributed by atoms with Crippen molar-refractivity contribution >= 4 is 17.3 Å². The van der Waals surface area contributed by atoms with Crippen LogP contribution >= 0.6 is 0 Å². The van der Waals surface area contributed by atoms with Crippen LogP contribution in [0.3, 0.4) is 0 Å². The third-order valence-corrected chi connectivity index (χ3v) is 3.94. The number of benzene rings is 1. The molecular formula is C15H22N4O3. The fourth-order valence-electron chi connectivity index (χ4n) is 2.76. The molecule has 1 N–H and O–H groups in total. The third kappa shape index (κ3) is 3.54. The minimum absolute atomic E-state index is 0.0531. The SMILES string of the molecule is CNCC(C)C(=O)N1CCN(c2ccccc2[N+](=O)[O-])CC1. The van der Waals surface area contributed by atoms with Crippen molar-refractivity contribution in [2.75, 3.05) is 44.7 Å². The van der Waals surface area contributed by atoms with E-state index in [1.807, 2.05) is 23.8 Å². The zero-order valence-corrected chi connectivity index (χ0v) is 13.0. The van der Waals surface area contributed by atoms with Gasteiger partial charge in [-0.25, -0.2) is 0 Å². The molecule has 0 bridgehead atoms. The van der Waals surface area contributed by atoms with Crippen LogP contribution in [0.25, 0.3) is 0 Å². The van der Waals surface area contributed by atoms with Crippen LogP contribution in [-0.4, -0.2) is 55.5 Å². The molecule has 1 aromatic carbocycles. The topological polar surface area (TPSA) is 78.7 Å². The van der Waals surface area contributed by atoms with Crippen molar-refractivity contribution in [3.63, 3.8) is 0 Å². The molecule has 22 heavy (non-hydrogen) atoms. The Morgan fingerprint density at radius 3 is 2.55 bits per heavy atom. The van der Waals surface area contributed by atoms with Crippen LogP contribution in [0.15, 0.2) is 24.3 Å². The average Bonchev–Trinajstić information content (AvgIpc) is 2.54. The maximum atomic E-state index is 12.3. The molecule has 2 rings (SSSR count). The van der Waals surface area contributed by atoms with Gasteiger partial charge in [0.05, 0.1) is 4.92 Å². The van der Waals surface area contributed by atoms with Gasteiger partial charge in [0.1, 0.15) is 5.69 Å². The van der Waals surface area contributed by atoms with Gasteiger partial charge < -0.3 is 15.1 Å². The molecule has 7 nitrogen and oxygen atoms in total. The van der Waals surface area contributed by atoms with Crippen molar-refractivity contribution in [3.8, 4) is 0 Å². The molecule has 0 saturated carbocycles. The summed E-state index contributed by atoms with van der Waals surface area (Å²) in [5, 5.41) is 14.1. The molecule has 0 radical (unpaired) electrons. The van der Waals surface area contributed by atoms with Gasteiger partial charge in [0.15, 0.2) is 0 Å². The Morgan fingerprint density at radius 2 is 1.95 bits per heavy atom. The standard InChI is InChI=1S/C15H22N4O3/c1-12(11-16-2)15(20)18-9-7-17(8-10-18)13-5-3-4-6-14(13)19(21)22/h3-6,12,16H,7-11H2,1-2H3. The van der Waals surface area contributed by atoms with Crippen molar-refractivity contribution in [2.45, 2.75) is 6.92 Å². The predicted molar refractivity (Wildman–Crippen MR) is 85.0 cm³/mol. The fourth-order valence-corrected chi connectivity index (χ4v) is 2.76. The van der Waals surface area contributed by atoms with Crippen LogP contribution in [-0.2, 0) is 4.79 Å². The number of hydrogen-bond acceptors (Lipinski definition) is 5. The van der Waals surface area contributed by atoms with E-state index in [4.69, 9.17) is 0 Å².